The van der Waals surface area contributed by atoms with Gasteiger partial charge < -0.3 is 10.2 Å². The minimum atomic E-state index is 0.347. The van der Waals surface area contributed by atoms with Crippen LogP contribution in [0.2, 0.25) is 0 Å². The maximum absolute atomic E-state index is 4.99. The van der Waals surface area contributed by atoms with Gasteiger partial charge in [0.1, 0.15) is 0 Å². The molecule has 0 saturated carbocycles. The second-order valence-electron chi connectivity index (χ2n) is 3.58. The molecule has 0 amide bonds. The third kappa shape index (κ3) is 1.48. The first-order valence-electron chi connectivity index (χ1n) is 3.72. The lowest BCUT2D eigenvalue weighted by molar-refractivity contribution is 0.0892. The third-order valence-corrected chi connectivity index (χ3v) is 2.37. The van der Waals surface area contributed by atoms with Crippen LogP contribution in [-0.2, 0) is 4.84 Å². The average molecular weight is 144 g/mol. The van der Waals surface area contributed by atoms with Gasteiger partial charge in [0.25, 0.3) is 0 Å². The standard InChI is InChI=1S/C7H16N2O/c1-7(2)3-4-9-6(7)5-10-8/h6,9H,3-5,8H2,1-2H3. The topological polar surface area (TPSA) is 47.3 Å². The molecule has 60 valence electrons. The highest BCUT2D eigenvalue weighted by Crippen LogP contribution is 2.29. The molecule has 0 spiro atoms. The van der Waals surface area contributed by atoms with Crippen molar-refractivity contribution < 1.29 is 4.84 Å². The first-order valence-corrected chi connectivity index (χ1v) is 3.72. The second kappa shape index (κ2) is 2.86. The Morgan fingerprint density at radius 2 is 2.40 bits per heavy atom. The molecule has 3 nitrogen and oxygen atoms in total. The van der Waals surface area contributed by atoms with Crippen molar-refractivity contribution in [1.29, 1.82) is 0 Å². The predicted molar refractivity (Wildman–Crippen MR) is 40.3 cm³/mol. The number of hydrogen-bond acceptors (Lipinski definition) is 3. The smallest absolute Gasteiger partial charge is 0.0837 e. The highest BCUT2D eigenvalue weighted by atomic mass is 16.6. The molecule has 1 atom stereocenters. The zero-order valence-electron chi connectivity index (χ0n) is 6.68. The molecule has 0 aromatic rings. The Bertz CT molecular complexity index is 114. The Morgan fingerprint density at radius 3 is 2.80 bits per heavy atom. The summed E-state index contributed by atoms with van der Waals surface area (Å²) in [5.41, 5.74) is 0.347. The molecule has 1 rings (SSSR count). The summed E-state index contributed by atoms with van der Waals surface area (Å²) in [6.45, 7) is 6.17. The Morgan fingerprint density at radius 1 is 1.70 bits per heavy atom. The summed E-state index contributed by atoms with van der Waals surface area (Å²) in [4.78, 5) is 4.60. The quantitative estimate of drug-likeness (QED) is 0.547. The van der Waals surface area contributed by atoms with Gasteiger partial charge in [0.15, 0.2) is 0 Å². The van der Waals surface area contributed by atoms with Crippen LogP contribution in [0.4, 0.5) is 0 Å². The van der Waals surface area contributed by atoms with Crippen LogP contribution >= 0.6 is 0 Å². The molecule has 0 bridgehead atoms. The molecule has 3 heteroatoms. The van der Waals surface area contributed by atoms with E-state index >= 15 is 0 Å². The zero-order valence-corrected chi connectivity index (χ0v) is 6.68. The fourth-order valence-corrected chi connectivity index (χ4v) is 1.40. The van der Waals surface area contributed by atoms with Crippen LogP contribution in [0.25, 0.3) is 0 Å². The predicted octanol–water partition coefficient (Wildman–Crippen LogP) is 0.265. The van der Waals surface area contributed by atoms with E-state index in [9.17, 15) is 0 Å². The van der Waals surface area contributed by atoms with Crippen molar-refractivity contribution in [3.63, 3.8) is 0 Å². The van der Waals surface area contributed by atoms with Gasteiger partial charge in [-0.15, -0.1) is 0 Å². The van der Waals surface area contributed by atoms with E-state index in [1.807, 2.05) is 0 Å². The highest BCUT2D eigenvalue weighted by molar-refractivity contribution is 4.90. The van der Waals surface area contributed by atoms with Gasteiger partial charge in [-0.25, -0.2) is 5.90 Å². The second-order valence-corrected chi connectivity index (χ2v) is 3.58. The third-order valence-electron chi connectivity index (χ3n) is 2.37. The number of nitrogens with one attached hydrogen (secondary N) is 1. The number of hydrogen-bond donors (Lipinski definition) is 2. The molecule has 0 radical (unpaired) electrons. The molecule has 1 heterocycles. The van der Waals surface area contributed by atoms with Gasteiger partial charge >= 0.3 is 0 Å². The van der Waals surface area contributed by atoms with E-state index in [0.29, 0.717) is 18.1 Å². The lowest BCUT2D eigenvalue weighted by Crippen LogP contribution is -2.37. The maximum Gasteiger partial charge on any atom is 0.0837 e. The molecule has 1 fully saturated rings. The van der Waals surface area contributed by atoms with E-state index in [4.69, 9.17) is 5.90 Å². The highest BCUT2D eigenvalue weighted by Gasteiger charge is 2.33. The van der Waals surface area contributed by atoms with Gasteiger partial charge in [-0.3, -0.25) is 0 Å². The van der Waals surface area contributed by atoms with Crippen molar-refractivity contribution in [3.8, 4) is 0 Å². The van der Waals surface area contributed by atoms with E-state index in [-0.39, 0.29) is 0 Å². The van der Waals surface area contributed by atoms with E-state index < -0.39 is 0 Å². The molecule has 0 aromatic heterocycles. The van der Waals surface area contributed by atoms with E-state index in [1.165, 1.54) is 6.42 Å². The normalized spacial score (nSPS) is 30.9. The lowest BCUT2D eigenvalue weighted by atomic mass is 9.85. The summed E-state index contributed by atoms with van der Waals surface area (Å²) < 4.78 is 0. The van der Waals surface area contributed by atoms with Crippen LogP contribution in [0.15, 0.2) is 0 Å². The van der Waals surface area contributed by atoms with Crippen molar-refractivity contribution in [2.24, 2.45) is 11.3 Å². The van der Waals surface area contributed by atoms with Gasteiger partial charge in [0, 0.05) is 6.04 Å². The van der Waals surface area contributed by atoms with Crippen molar-refractivity contribution in [3.05, 3.63) is 0 Å². The monoisotopic (exact) mass is 144 g/mol. The lowest BCUT2D eigenvalue weighted by Gasteiger charge is -2.25. The van der Waals surface area contributed by atoms with Gasteiger partial charge in [-0.2, -0.15) is 0 Å². The molecule has 3 N–H and O–H groups in total. The Hall–Kier alpha value is -0.120. The van der Waals surface area contributed by atoms with Crippen molar-refractivity contribution in [2.75, 3.05) is 13.2 Å². The van der Waals surface area contributed by atoms with Crippen LogP contribution < -0.4 is 11.2 Å². The first kappa shape index (κ1) is 7.98. The Labute approximate surface area is 61.9 Å². The maximum atomic E-state index is 4.99. The van der Waals surface area contributed by atoms with Crippen molar-refractivity contribution >= 4 is 0 Å². The molecule has 1 unspecified atom stereocenters. The number of rotatable bonds is 2. The molecule has 0 aromatic carbocycles. The Balaban J connectivity index is 2.43. The first-order chi connectivity index (χ1) is 4.67. The largest absolute Gasteiger partial charge is 0.311 e. The molecule has 1 saturated heterocycles. The minimum Gasteiger partial charge on any atom is -0.311 e. The molecule has 10 heavy (non-hydrogen) atoms. The van der Waals surface area contributed by atoms with E-state index in [0.717, 1.165) is 6.54 Å². The minimum absolute atomic E-state index is 0.347. The molecular weight excluding hydrogens is 128 g/mol. The van der Waals surface area contributed by atoms with Crippen LogP contribution in [0.1, 0.15) is 20.3 Å². The summed E-state index contributed by atoms with van der Waals surface area (Å²) in [5.74, 6) is 4.99. The van der Waals surface area contributed by atoms with Gasteiger partial charge in [0.2, 0.25) is 0 Å². The summed E-state index contributed by atoms with van der Waals surface area (Å²) in [6.07, 6.45) is 1.21. The fraction of sp³-hybridized carbons (Fsp3) is 1.00. The zero-order chi connectivity index (χ0) is 7.61. The molecular formula is C7H16N2O. The summed E-state index contributed by atoms with van der Waals surface area (Å²) in [6, 6.07) is 0.428. The summed E-state index contributed by atoms with van der Waals surface area (Å²) in [5, 5.41) is 3.34. The fourth-order valence-electron chi connectivity index (χ4n) is 1.40. The van der Waals surface area contributed by atoms with Crippen LogP contribution in [0, 0.1) is 5.41 Å². The Kier molecular flexibility index (Phi) is 2.28. The van der Waals surface area contributed by atoms with Crippen LogP contribution in [-0.4, -0.2) is 19.2 Å². The SMILES string of the molecule is CC1(C)CCNC1CON. The van der Waals surface area contributed by atoms with Gasteiger partial charge in [-0.05, 0) is 18.4 Å². The van der Waals surface area contributed by atoms with Crippen LogP contribution in [0.3, 0.4) is 0 Å². The molecule has 0 aliphatic carbocycles. The molecule has 1 aliphatic heterocycles. The van der Waals surface area contributed by atoms with Crippen LogP contribution in [0.5, 0.6) is 0 Å². The van der Waals surface area contributed by atoms with Gasteiger partial charge in [-0.1, -0.05) is 13.8 Å². The summed E-state index contributed by atoms with van der Waals surface area (Å²) in [7, 11) is 0. The number of nitrogens with two attached hydrogens (primary N) is 1. The van der Waals surface area contributed by atoms with Crippen molar-refractivity contribution in [2.45, 2.75) is 26.3 Å². The summed E-state index contributed by atoms with van der Waals surface area (Å²) >= 11 is 0. The van der Waals surface area contributed by atoms with E-state index in [1.54, 1.807) is 0 Å². The van der Waals surface area contributed by atoms with E-state index in [2.05, 4.69) is 24.0 Å². The van der Waals surface area contributed by atoms with Crippen molar-refractivity contribution in [1.82, 2.24) is 5.32 Å². The van der Waals surface area contributed by atoms with Gasteiger partial charge in [0.05, 0.1) is 6.61 Å². The molecule has 1 aliphatic rings. The average Bonchev–Trinajstić information content (AvgIpc) is 2.13.